The van der Waals surface area contributed by atoms with E-state index in [0.717, 1.165) is 12.0 Å². The fraction of sp³-hybridized carbons (Fsp3) is 0.235. The van der Waals surface area contributed by atoms with Crippen molar-refractivity contribution in [2.45, 2.75) is 23.3 Å². The van der Waals surface area contributed by atoms with Crippen molar-refractivity contribution in [1.29, 1.82) is 0 Å². The molecular formula is C17H17FN2O4S. The van der Waals surface area contributed by atoms with Gasteiger partial charge in [-0.2, -0.15) is 0 Å². The molecule has 1 aliphatic rings. The molecule has 0 aliphatic heterocycles. The Kier molecular flexibility index (Phi) is 4.85. The molecule has 1 saturated carbocycles. The lowest BCUT2D eigenvalue weighted by molar-refractivity contribution is 0.0950. The molecule has 132 valence electrons. The molecule has 0 bridgehead atoms. The van der Waals surface area contributed by atoms with E-state index in [2.05, 4.69) is 10.2 Å². The van der Waals surface area contributed by atoms with Gasteiger partial charge in [0.1, 0.15) is 5.82 Å². The van der Waals surface area contributed by atoms with Crippen LogP contribution in [0.1, 0.15) is 28.3 Å². The molecule has 3 rings (SSSR count). The lowest BCUT2D eigenvalue weighted by atomic mass is 10.1. The van der Waals surface area contributed by atoms with Crippen LogP contribution in [0, 0.1) is 5.82 Å². The molecule has 2 N–H and O–H groups in total. The predicted octanol–water partition coefficient (Wildman–Crippen LogP) is 1.95. The summed E-state index contributed by atoms with van der Waals surface area (Å²) in [7, 11) is -2.55. The fourth-order valence-corrected chi connectivity index (χ4v) is 3.47. The Labute approximate surface area is 145 Å². The number of rotatable bonds is 6. The van der Waals surface area contributed by atoms with Crippen LogP contribution in [0.5, 0.6) is 0 Å². The second-order valence-electron chi connectivity index (χ2n) is 5.79. The highest BCUT2D eigenvalue weighted by molar-refractivity contribution is 7.89. The Morgan fingerprint density at radius 2 is 1.92 bits per heavy atom. The minimum atomic E-state index is -3.75. The molecule has 0 spiro atoms. The summed E-state index contributed by atoms with van der Waals surface area (Å²) in [6, 6.07) is 11.8. The van der Waals surface area contributed by atoms with Gasteiger partial charge in [0, 0.05) is 17.5 Å². The van der Waals surface area contributed by atoms with Crippen LogP contribution in [0.3, 0.4) is 0 Å². The average molecular weight is 364 g/mol. The molecule has 1 amide bonds. The van der Waals surface area contributed by atoms with Gasteiger partial charge < -0.3 is 5.32 Å². The highest BCUT2D eigenvalue weighted by Gasteiger charge is 2.39. The summed E-state index contributed by atoms with van der Waals surface area (Å²) in [5.41, 5.74) is 1.21. The molecule has 0 radical (unpaired) electrons. The molecule has 2 aromatic rings. The minimum Gasteiger partial charge on any atom is -0.349 e. The van der Waals surface area contributed by atoms with Crippen molar-refractivity contribution in [3.05, 3.63) is 65.5 Å². The topological polar surface area (TPSA) is 84.5 Å². The van der Waals surface area contributed by atoms with Crippen molar-refractivity contribution < 1.29 is 22.4 Å². The summed E-state index contributed by atoms with van der Waals surface area (Å²) < 4.78 is 36.8. The smallest absolute Gasteiger partial charge is 0.262 e. The zero-order chi connectivity index (χ0) is 18.0. The number of nitrogens with one attached hydrogen (secondary N) is 2. The van der Waals surface area contributed by atoms with Gasteiger partial charge in [-0.15, -0.1) is 0 Å². The molecule has 6 nitrogen and oxygen atoms in total. The van der Waals surface area contributed by atoms with Crippen molar-refractivity contribution in [2.24, 2.45) is 0 Å². The first-order chi connectivity index (χ1) is 11.9. The maximum atomic E-state index is 13.2. The number of carbonyl (C=O) groups is 1. The van der Waals surface area contributed by atoms with E-state index in [4.69, 9.17) is 0 Å². The van der Waals surface area contributed by atoms with Gasteiger partial charge in [0.2, 0.25) is 0 Å². The van der Waals surface area contributed by atoms with E-state index in [9.17, 15) is 17.6 Å². The van der Waals surface area contributed by atoms with Crippen LogP contribution in [-0.2, 0) is 14.9 Å². The third kappa shape index (κ3) is 4.04. The van der Waals surface area contributed by atoms with Crippen molar-refractivity contribution in [2.75, 3.05) is 7.11 Å². The summed E-state index contributed by atoms with van der Waals surface area (Å²) in [5, 5.41) is 2.87. The average Bonchev–Trinajstić information content (AvgIpc) is 3.34. The Morgan fingerprint density at radius 1 is 1.20 bits per heavy atom. The van der Waals surface area contributed by atoms with Crippen molar-refractivity contribution in [3.63, 3.8) is 0 Å². The van der Waals surface area contributed by atoms with Crippen LogP contribution in [-0.4, -0.2) is 27.5 Å². The van der Waals surface area contributed by atoms with E-state index < -0.39 is 10.0 Å². The number of amides is 1. The number of hydrogen-bond donors (Lipinski definition) is 2. The second-order valence-corrected chi connectivity index (χ2v) is 7.44. The molecule has 8 heteroatoms. The van der Waals surface area contributed by atoms with E-state index in [1.165, 1.54) is 43.5 Å². The quantitative estimate of drug-likeness (QED) is 0.768. The first-order valence-electron chi connectivity index (χ1n) is 7.62. The molecule has 1 aliphatic carbocycles. The Bertz CT molecular complexity index is 884. The molecule has 0 saturated heterocycles. The summed E-state index contributed by atoms with van der Waals surface area (Å²) in [6.07, 6.45) is 0.749. The molecule has 0 aromatic heterocycles. The molecule has 25 heavy (non-hydrogen) atoms. The first kappa shape index (κ1) is 17.5. The summed E-state index contributed by atoms with van der Waals surface area (Å²) >= 11 is 0. The maximum absolute atomic E-state index is 13.2. The van der Waals surface area contributed by atoms with Crippen LogP contribution >= 0.6 is 0 Å². The SMILES string of the molecule is CONS(=O)(=O)c1ccc(C(=O)N[C@@H]2C[C@@H]2c2cccc(F)c2)cc1. The Balaban J connectivity index is 1.63. The lowest BCUT2D eigenvalue weighted by Gasteiger charge is -2.07. The van der Waals surface area contributed by atoms with Gasteiger partial charge in [0.05, 0.1) is 12.0 Å². The number of benzene rings is 2. The molecular weight excluding hydrogens is 347 g/mol. The minimum absolute atomic E-state index is 0.00467. The lowest BCUT2D eigenvalue weighted by Crippen LogP contribution is -2.27. The zero-order valence-corrected chi connectivity index (χ0v) is 14.2. The Hall–Kier alpha value is -2.29. The van der Waals surface area contributed by atoms with Crippen LogP contribution in [0.2, 0.25) is 0 Å². The van der Waals surface area contributed by atoms with Gasteiger partial charge in [0.25, 0.3) is 15.9 Å². The third-order valence-electron chi connectivity index (χ3n) is 4.00. The monoisotopic (exact) mass is 364 g/mol. The van der Waals surface area contributed by atoms with Crippen molar-refractivity contribution >= 4 is 15.9 Å². The Morgan fingerprint density at radius 3 is 2.56 bits per heavy atom. The summed E-state index contributed by atoms with van der Waals surface area (Å²) in [5.74, 6) is -0.492. The van der Waals surface area contributed by atoms with E-state index >= 15 is 0 Å². The van der Waals surface area contributed by atoms with Gasteiger partial charge in [-0.1, -0.05) is 17.0 Å². The van der Waals surface area contributed by atoms with Crippen molar-refractivity contribution in [1.82, 2.24) is 10.2 Å². The van der Waals surface area contributed by atoms with Gasteiger partial charge in [-0.25, -0.2) is 12.8 Å². The molecule has 2 atom stereocenters. The molecule has 1 fully saturated rings. The normalized spacial score (nSPS) is 19.4. The highest BCUT2D eigenvalue weighted by atomic mass is 32.2. The predicted molar refractivity (Wildman–Crippen MR) is 88.8 cm³/mol. The molecule has 2 aromatic carbocycles. The van der Waals surface area contributed by atoms with E-state index in [1.807, 2.05) is 11.0 Å². The summed E-state index contributed by atoms with van der Waals surface area (Å²) in [6.45, 7) is 0. The van der Waals surface area contributed by atoms with Crippen LogP contribution in [0.15, 0.2) is 53.4 Å². The zero-order valence-electron chi connectivity index (χ0n) is 13.4. The van der Waals surface area contributed by atoms with E-state index in [0.29, 0.717) is 5.56 Å². The number of hydrogen-bond acceptors (Lipinski definition) is 4. The molecule has 0 unspecified atom stereocenters. The van der Waals surface area contributed by atoms with Gasteiger partial charge in [-0.05, 0) is 48.4 Å². The van der Waals surface area contributed by atoms with Crippen LogP contribution in [0.4, 0.5) is 4.39 Å². The largest absolute Gasteiger partial charge is 0.349 e. The van der Waals surface area contributed by atoms with Crippen molar-refractivity contribution in [3.8, 4) is 0 Å². The standard InChI is InChI=1S/C17H17FN2O4S/c1-24-20-25(22,23)14-7-5-11(6-8-14)17(21)19-16-10-15(16)12-3-2-4-13(18)9-12/h2-9,15-16,20H,10H2,1H3,(H,19,21)/t15-,16-/m1/s1. The van der Waals surface area contributed by atoms with Crippen LogP contribution < -0.4 is 10.2 Å². The number of sulfonamides is 1. The van der Waals surface area contributed by atoms with Gasteiger partial charge in [-0.3, -0.25) is 9.63 Å². The number of carbonyl (C=O) groups excluding carboxylic acids is 1. The van der Waals surface area contributed by atoms with E-state index in [1.54, 1.807) is 6.07 Å². The van der Waals surface area contributed by atoms with Gasteiger partial charge >= 0.3 is 0 Å². The third-order valence-corrected chi connectivity index (χ3v) is 5.28. The molecule has 0 heterocycles. The first-order valence-corrected chi connectivity index (χ1v) is 9.10. The second kappa shape index (κ2) is 6.91. The number of halogens is 1. The maximum Gasteiger partial charge on any atom is 0.262 e. The van der Waals surface area contributed by atoms with E-state index in [-0.39, 0.29) is 28.6 Å². The van der Waals surface area contributed by atoms with Crippen LogP contribution in [0.25, 0.3) is 0 Å². The van der Waals surface area contributed by atoms with Gasteiger partial charge in [0.15, 0.2) is 0 Å². The fourth-order valence-electron chi connectivity index (χ4n) is 2.66. The summed E-state index contributed by atoms with van der Waals surface area (Å²) in [4.78, 5) is 18.6. The highest BCUT2D eigenvalue weighted by Crippen LogP contribution is 2.41.